The molecule has 0 fully saturated rings. The molecule has 0 aliphatic carbocycles. The molecule has 0 aromatic rings. The van der Waals surface area contributed by atoms with Gasteiger partial charge in [0.25, 0.3) is 5.91 Å². The highest BCUT2D eigenvalue weighted by Crippen LogP contribution is 1.88. The Balaban J connectivity index is 4.11. The highest BCUT2D eigenvalue weighted by Gasteiger charge is 2.07. The second kappa shape index (κ2) is 7.06. The standard InChI is InChI=1S/C9H20N4O/c1-3-5-12-8(11)7(10)9(14)13-6-4-2/h12H,3-6,10-11H2,1-2H3,(H,13,14)/b8-7+. The minimum Gasteiger partial charge on any atom is -0.391 e. The average Bonchev–Trinajstić information content (AvgIpc) is 2.21. The van der Waals surface area contributed by atoms with Crippen molar-refractivity contribution in [3.8, 4) is 0 Å². The molecule has 0 aliphatic heterocycles. The minimum absolute atomic E-state index is 0.0619. The SMILES string of the molecule is CCCNC(=O)/C(N)=C(/N)NCCC. The predicted molar refractivity (Wildman–Crippen MR) is 57.0 cm³/mol. The molecule has 0 aromatic carbocycles. The highest BCUT2D eigenvalue weighted by molar-refractivity contribution is 5.92. The number of hydrogen-bond acceptors (Lipinski definition) is 4. The van der Waals surface area contributed by atoms with Crippen LogP contribution in [-0.4, -0.2) is 19.0 Å². The summed E-state index contributed by atoms with van der Waals surface area (Å²) >= 11 is 0. The summed E-state index contributed by atoms with van der Waals surface area (Å²) in [6.07, 6.45) is 1.81. The monoisotopic (exact) mass is 200 g/mol. The lowest BCUT2D eigenvalue weighted by molar-refractivity contribution is -0.117. The molecule has 82 valence electrons. The molecule has 0 heterocycles. The van der Waals surface area contributed by atoms with Crippen molar-refractivity contribution in [1.29, 1.82) is 0 Å². The Morgan fingerprint density at radius 1 is 1.07 bits per heavy atom. The van der Waals surface area contributed by atoms with Crippen molar-refractivity contribution in [1.82, 2.24) is 10.6 Å². The van der Waals surface area contributed by atoms with Crippen molar-refractivity contribution < 1.29 is 4.79 Å². The van der Waals surface area contributed by atoms with E-state index in [1.807, 2.05) is 13.8 Å². The first-order chi connectivity index (χ1) is 6.63. The summed E-state index contributed by atoms with van der Waals surface area (Å²) in [5, 5.41) is 5.51. The van der Waals surface area contributed by atoms with E-state index in [0.29, 0.717) is 13.1 Å². The fraction of sp³-hybridized carbons (Fsp3) is 0.667. The van der Waals surface area contributed by atoms with E-state index >= 15 is 0 Å². The lowest BCUT2D eigenvalue weighted by Crippen LogP contribution is -2.35. The van der Waals surface area contributed by atoms with E-state index in [-0.39, 0.29) is 17.4 Å². The fourth-order valence-electron chi connectivity index (χ4n) is 0.811. The molecule has 6 N–H and O–H groups in total. The van der Waals surface area contributed by atoms with Gasteiger partial charge in [0.05, 0.1) is 0 Å². The van der Waals surface area contributed by atoms with E-state index in [1.54, 1.807) is 0 Å². The number of nitrogens with two attached hydrogens (primary N) is 2. The third-order valence-electron chi connectivity index (χ3n) is 1.64. The number of amides is 1. The van der Waals surface area contributed by atoms with Gasteiger partial charge in [-0.1, -0.05) is 13.8 Å². The van der Waals surface area contributed by atoms with Crippen LogP contribution in [0.25, 0.3) is 0 Å². The largest absolute Gasteiger partial charge is 0.391 e. The molecular weight excluding hydrogens is 180 g/mol. The first-order valence-corrected chi connectivity index (χ1v) is 4.90. The average molecular weight is 200 g/mol. The zero-order valence-electron chi connectivity index (χ0n) is 8.89. The molecule has 0 rings (SSSR count). The maximum absolute atomic E-state index is 11.3. The van der Waals surface area contributed by atoms with Gasteiger partial charge in [0.2, 0.25) is 0 Å². The predicted octanol–water partition coefficient (Wildman–Crippen LogP) is -0.401. The van der Waals surface area contributed by atoms with Crippen LogP contribution in [0.1, 0.15) is 26.7 Å². The minimum atomic E-state index is -0.312. The number of nitrogens with one attached hydrogen (secondary N) is 2. The Kier molecular flexibility index (Phi) is 6.36. The summed E-state index contributed by atoms with van der Waals surface area (Å²) in [6.45, 7) is 5.31. The summed E-state index contributed by atoms with van der Waals surface area (Å²) in [7, 11) is 0. The molecule has 0 saturated heterocycles. The second-order valence-electron chi connectivity index (χ2n) is 3.01. The van der Waals surface area contributed by atoms with Gasteiger partial charge < -0.3 is 22.1 Å². The summed E-state index contributed by atoms with van der Waals surface area (Å²) in [5.41, 5.74) is 11.1. The van der Waals surface area contributed by atoms with Gasteiger partial charge in [0.15, 0.2) is 0 Å². The molecule has 5 heteroatoms. The number of rotatable bonds is 6. The second-order valence-corrected chi connectivity index (χ2v) is 3.01. The van der Waals surface area contributed by atoms with Crippen LogP contribution in [-0.2, 0) is 4.79 Å². The van der Waals surface area contributed by atoms with Crippen LogP contribution >= 0.6 is 0 Å². The lowest BCUT2D eigenvalue weighted by Gasteiger charge is -2.09. The van der Waals surface area contributed by atoms with E-state index in [4.69, 9.17) is 11.5 Å². The van der Waals surface area contributed by atoms with Crippen molar-refractivity contribution in [2.45, 2.75) is 26.7 Å². The Morgan fingerprint density at radius 3 is 2.07 bits per heavy atom. The topological polar surface area (TPSA) is 93.2 Å². The first-order valence-electron chi connectivity index (χ1n) is 4.90. The summed E-state index contributed by atoms with van der Waals surface area (Å²) in [5.74, 6) is -0.0617. The van der Waals surface area contributed by atoms with Crippen molar-refractivity contribution in [2.24, 2.45) is 11.5 Å². The van der Waals surface area contributed by atoms with Crippen LogP contribution in [0.5, 0.6) is 0 Å². The van der Waals surface area contributed by atoms with Crippen molar-refractivity contribution in [3.05, 3.63) is 11.5 Å². The number of hydrogen-bond donors (Lipinski definition) is 4. The molecule has 0 bridgehead atoms. The summed E-state index contributed by atoms with van der Waals surface area (Å²) < 4.78 is 0. The molecule has 0 spiro atoms. The molecule has 0 unspecified atom stereocenters. The van der Waals surface area contributed by atoms with Gasteiger partial charge in [-0.2, -0.15) is 0 Å². The zero-order valence-corrected chi connectivity index (χ0v) is 8.89. The molecule has 1 amide bonds. The Morgan fingerprint density at radius 2 is 1.57 bits per heavy atom. The van der Waals surface area contributed by atoms with Gasteiger partial charge in [0.1, 0.15) is 11.5 Å². The zero-order chi connectivity index (χ0) is 11.0. The van der Waals surface area contributed by atoms with Crippen LogP contribution in [0.4, 0.5) is 0 Å². The van der Waals surface area contributed by atoms with E-state index < -0.39 is 0 Å². The maximum atomic E-state index is 11.3. The first kappa shape index (κ1) is 12.6. The fourth-order valence-corrected chi connectivity index (χ4v) is 0.811. The molecule has 0 atom stereocenters. The smallest absolute Gasteiger partial charge is 0.270 e. The van der Waals surface area contributed by atoms with Gasteiger partial charge >= 0.3 is 0 Å². The van der Waals surface area contributed by atoms with Gasteiger partial charge in [-0.05, 0) is 12.8 Å². The molecule has 0 aliphatic rings. The number of carbonyl (C=O) groups excluding carboxylic acids is 1. The van der Waals surface area contributed by atoms with E-state index in [0.717, 1.165) is 12.8 Å². The van der Waals surface area contributed by atoms with E-state index in [9.17, 15) is 4.79 Å². The molecule has 0 saturated carbocycles. The Bertz CT molecular complexity index is 213. The third-order valence-corrected chi connectivity index (χ3v) is 1.64. The lowest BCUT2D eigenvalue weighted by atomic mass is 10.3. The van der Waals surface area contributed by atoms with Crippen LogP contribution in [0, 0.1) is 0 Å². The normalized spacial score (nSPS) is 11.9. The third kappa shape index (κ3) is 4.59. The molecule has 5 nitrogen and oxygen atoms in total. The van der Waals surface area contributed by atoms with Crippen LogP contribution in [0.2, 0.25) is 0 Å². The highest BCUT2D eigenvalue weighted by atomic mass is 16.2. The van der Waals surface area contributed by atoms with Gasteiger partial charge in [-0.15, -0.1) is 0 Å². The van der Waals surface area contributed by atoms with E-state index in [1.165, 1.54) is 0 Å². The van der Waals surface area contributed by atoms with Crippen LogP contribution in [0.3, 0.4) is 0 Å². The van der Waals surface area contributed by atoms with E-state index in [2.05, 4.69) is 10.6 Å². The van der Waals surface area contributed by atoms with Gasteiger partial charge in [0, 0.05) is 13.1 Å². The number of carbonyl (C=O) groups is 1. The van der Waals surface area contributed by atoms with Crippen molar-refractivity contribution in [2.75, 3.05) is 13.1 Å². The van der Waals surface area contributed by atoms with Gasteiger partial charge in [-0.25, -0.2) is 0 Å². The van der Waals surface area contributed by atoms with Crippen LogP contribution < -0.4 is 22.1 Å². The van der Waals surface area contributed by atoms with Crippen molar-refractivity contribution >= 4 is 5.91 Å². The summed E-state index contributed by atoms with van der Waals surface area (Å²) in [6, 6.07) is 0. The molecule has 0 radical (unpaired) electrons. The summed E-state index contributed by atoms with van der Waals surface area (Å²) in [4.78, 5) is 11.3. The Hall–Kier alpha value is -1.39. The Labute approximate surface area is 84.9 Å². The molecular formula is C9H20N4O. The quantitative estimate of drug-likeness (QED) is 0.439. The molecule has 14 heavy (non-hydrogen) atoms. The maximum Gasteiger partial charge on any atom is 0.270 e. The van der Waals surface area contributed by atoms with Gasteiger partial charge in [-0.3, -0.25) is 4.79 Å². The molecule has 0 aromatic heterocycles. The van der Waals surface area contributed by atoms with Crippen molar-refractivity contribution in [3.63, 3.8) is 0 Å². The van der Waals surface area contributed by atoms with Crippen LogP contribution in [0.15, 0.2) is 11.5 Å².